The molecular weight excluding hydrogens is 362 g/mol. The van der Waals surface area contributed by atoms with Gasteiger partial charge in [0.05, 0.1) is 0 Å². The van der Waals surface area contributed by atoms with Gasteiger partial charge in [-0.25, -0.2) is 0 Å². The highest BCUT2D eigenvalue weighted by molar-refractivity contribution is 6.22. The van der Waals surface area contributed by atoms with Crippen LogP contribution in [0.4, 0.5) is 0 Å². The van der Waals surface area contributed by atoms with Gasteiger partial charge in [0.15, 0.2) is 0 Å². The quantitative estimate of drug-likeness (QED) is 0.312. The fourth-order valence-electron chi connectivity index (χ4n) is 4.50. The monoisotopic (exact) mass is 387 g/mol. The second-order valence-electron chi connectivity index (χ2n) is 7.47. The van der Waals surface area contributed by atoms with E-state index in [9.17, 15) is 0 Å². The van der Waals surface area contributed by atoms with Gasteiger partial charge >= 0.3 is 0 Å². The molecule has 0 saturated carbocycles. The first-order valence-corrected chi connectivity index (χ1v) is 10.8. The van der Waals surface area contributed by atoms with E-state index in [0.717, 1.165) is 6.42 Å². The van der Waals surface area contributed by atoms with Gasteiger partial charge in [0, 0.05) is 21.8 Å². The van der Waals surface area contributed by atoms with Crippen molar-refractivity contribution < 1.29 is 0 Å². The standard InChI is InChI=1S/C27H19N.C2H6/c1-2-8-18(9-3-1)20-14-15-23-25(16-20)28-26-17-24(19-10-4-5-11-19)21-12-6-7-13-22(21)27(23)26;1-2/h1-10,12-17,28H,11H2;1-2H3. The van der Waals surface area contributed by atoms with Crippen molar-refractivity contribution in [1.29, 1.82) is 0 Å². The summed E-state index contributed by atoms with van der Waals surface area (Å²) in [6.07, 6.45) is 7.63. The lowest BCUT2D eigenvalue weighted by atomic mass is 9.94. The van der Waals surface area contributed by atoms with Crippen LogP contribution in [-0.2, 0) is 0 Å². The SMILES string of the molecule is C1=CCC(c2cc3[nH]c4cc(-c5ccccc5)ccc4c3c3ccccc23)=C1.CC. The third kappa shape index (κ3) is 2.95. The molecule has 30 heavy (non-hydrogen) atoms. The van der Waals surface area contributed by atoms with Gasteiger partial charge in [-0.3, -0.25) is 0 Å². The third-order valence-electron chi connectivity index (χ3n) is 5.83. The first-order valence-electron chi connectivity index (χ1n) is 10.8. The Morgan fingerprint density at radius 3 is 2.20 bits per heavy atom. The molecule has 6 rings (SSSR count). The molecule has 1 aromatic heterocycles. The van der Waals surface area contributed by atoms with Crippen molar-refractivity contribution in [2.24, 2.45) is 0 Å². The molecule has 0 unspecified atom stereocenters. The maximum atomic E-state index is 3.70. The van der Waals surface area contributed by atoms with Gasteiger partial charge in [0.1, 0.15) is 0 Å². The van der Waals surface area contributed by atoms with E-state index in [2.05, 4.69) is 102 Å². The molecule has 0 spiro atoms. The molecule has 0 radical (unpaired) electrons. The number of H-pyrrole nitrogens is 1. The number of rotatable bonds is 2. The van der Waals surface area contributed by atoms with Crippen LogP contribution in [0.25, 0.3) is 49.3 Å². The minimum absolute atomic E-state index is 1.01. The Labute approximate surface area is 177 Å². The predicted octanol–water partition coefficient (Wildman–Crippen LogP) is 8.51. The zero-order valence-electron chi connectivity index (χ0n) is 17.4. The fraction of sp³-hybridized carbons (Fsp3) is 0.103. The summed E-state index contributed by atoms with van der Waals surface area (Å²) in [5, 5.41) is 5.26. The average molecular weight is 388 g/mol. The second-order valence-corrected chi connectivity index (χ2v) is 7.47. The lowest BCUT2D eigenvalue weighted by Crippen LogP contribution is -1.86. The van der Waals surface area contributed by atoms with E-state index in [4.69, 9.17) is 0 Å². The van der Waals surface area contributed by atoms with Crippen LogP contribution in [0, 0.1) is 0 Å². The van der Waals surface area contributed by atoms with E-state index in [1.807, 2.05) is 13.8 Å². The summed E-state index contributed by atoms with van der Waals surface area (Å²) >= 11 is 0. The molecular formula is C29H25N. The highest BCUT2D eigenvalue weighted by Gasteiger charge is 2.15. The van der Waals surface area contributed by atoms with Crippen LogP contribution in [0.3, 0.4) is 0 Å². The molecule has 5 aromatic rings. The number of aromatic amines is 1. The molecule has 0 aliphatic heterocycles. The Bertz CT molecular complexity index is 1420. The summed E-state index contributed by atoms with van der Waals surface area (Å²) in [5.74, 6) is 0. The molecule has 0 bridgehead atoms. The lowest BCUT2D eigenvalue weighted by molar-refractivity contribution is 1.45. The maximum Gasteiger partial charge on any atom is 0.0477 e. The predicted molar refractivity (Wildman–Crippen MR) is 132 cm³/mol. The van der Waals surface area contributed by atoms with Crippen LogP contribution < -0.4 is 0 Å². The van der Waals surface area contributed by atoms with E-state index >= 15 is 0 Å². The van der Waals surface area contributed by atoms with Crippen LogP contribution in [0.1, 0.15) is 25.8 Å². The third-order valence-corrected chi connectivity index (χ3v) is 5.83. The van der Waals surface area contributed by atoms with Crippen molar-refractivity contribution in [2.45, 2.75) is 20.3 Å². The van der Waals surface area contributed by atoms with E-state index in [-0.39, 0.29) is 0 Å². The highest BCUT2D eigenvalue weighted by Crippen LogP contribution is 2.39. The summed E-state index contributed by atoms with van der Waals surface area (Å²) in [4.78, 5) is 3.70. The van der Waals surface area contributed by atoms with Crippen LogP contribution in [0.5, 0.6) is 0 Å². The molecule has 1 aliphatic rings. The molecule has 1 heterocycles. The Balaban J connectivity index is 0.000000937. The zero-order valence-corrected chi connectivity index (χ0v) is 17.4. The van der Waals surface area contributed by atoms with Crippen LogP contribution >= 0.6 is 0 Å². The number of aromatic nitrogens is 1. The number of allylic oxidation sites excluding steroid dienone is 4. The first kappa shape index (κ1) is 18.4. The van der Waals surface area contributed by atoms with Crippen molar-refractivity contribution in [3.05, 3.63) is 103 Å². The molecule has 0 atom stereocenters. The lowest BCUT2D eigenvalue weighted by Gasteiger charge is -2.09. The largest absolute Gasteiger partial charge is 0.354 e. The minimum atomic E-state index is 1.01. The van der Waals surface area contributed by atoms with Gasteiger partial charge in [-0.1, -0.05) is 98.8 Å². The highest BCUT2D eigenvalue weighted by atomic mass is 14.7. The van der Waals surface area contributed by atoms with Crippen molar-refractivity contribution in [3.8, 4) is 11.1 Å². The molecule has 1 nitrogen and oxygen atoms in total. The topological polar surface area (TPSA) is 15.8 Å². The van der Waals surface area contributed by atoms with Crippen molar-refractivity contribution >= 4 is 38.2 Å². The van der Waals surface area contributed by atoms with Gasteiger partial charge in [0.2, 0.25) is 0 Å². The Hall–Kier alpha value is -3.58. The number of hydrogen-bond acceptors (Lipinski definition) is 0. The average Bonchev–Trinajstić information content (AvgIpc) is 3.48. The van der Waals surface area contributed by atoms with Gasteiger partial charge in [0.25, 0.3) is 0 Å². The van der Waals surface area contributed by atoms with Gasteiger partial charge in [-0.05, 0) is 51.6 Å². The Kier molecular flexibility index (Phi) is 4.72. The van der Waals surface area contributed by atoms with E-state index in [1.165, 1.54) is 54.8 Å². The fourth-order valence-corrected chi connectivity index (χ4v) is 4.50. The summed E-state index contributed by atoms with van der Waals surface area (Å²) in [6, 6.07) is 28.5. The van der Waals surface area contributed by atoms with Crippen LogP contribution in [-0.4, -0.2) is 4.98 Å². The van der Waals surface area contributed by atoms with Gasteiger partial charge < -0.3 is 4.98 Å². The van der Waals surface area contributed by atoms with Crippen molar-refractivity contribution in [3.63, 3.8) is 0 Å². The van der Waals surface area contributed by atoms with E-state index < -0.39 is 0 Å². The summed E-state index contributed by atoms with van der Waals surface area (Å²) in [5.41, 5.74) is 7.62. The van der Waals surface area contributed by atoms with Crippen LogP contribution in [0.15, 0.2) is 97.1 Å². The molecule has 4 aromatic carbocycles. The molecule has 146 valence electrons. The summed E-state index contributed by atoms with van der Waals surface area (Å²) in [7, 11) is 0. The smallest absolute Gasteiger partial charge is 0.0477 e. The number of hydrogen-bond donors (Lipinski definition) is 1. The van der Waals surface area contributed by atoms with E-state index in [1.54, 1.807) is 0 Å². The maximum absolute atomic E-state index is 3.70. The normalized spacial score (nSPS) is 12.9. The van der Waals surface area contributed by atoms with Gasteiger partial charge in [-0.2, -0.15) is 0 Å². The summed E-state index contributed by atoms with van der Waals surface area (Å²) in [6.45, 7) is 4.00. The van der Waals surface area contributed by atoms with Crippen molar-refractivity contribution in [2.75, 3.05) is 0 Å². The number of nitrogens with one attached hydrogen (secondary N) is 1. The van der Waals surface area contributed by atoms with E-state index in [0.29, 0.717) is 0 Å². The Morgan fingerprint density at radius 1 is 0.667 bits per heavy atom. The molecule has 1 N–H and O–H groups in total. The van der Waals surface area contributed by atoms with Gasteiger partial charge in [-0.15, -0.1) is 0 Å². The molecule has 1 heteroatoms. The number of benzene rings is 4. The van der Waals surface area contributed by atoms with Crippen LogP contribution in [0.2, 0.25) is 0 Å². The molecule has 1 aliphatic carbocycles. The number of fused-ring (bicyclic) bond motifs is 5. The zero-order chi connectivity index (χ0) is 20.5. The minimum Gasteiger partial charge on any atom is -0.354 e. The molecule has 0 saturated heterocycles. The van der Waals surface area contributed by atoms with Crippen molar-refractivity contribution in [1.82, 2.24) is 4.98 Å². The summed E-state index contributed by atoms with van der Waals surface area (Å²) < 4.78 is 0. The molecule has 0 fully saturated rings. The molecule has 0 amide bonds. The first-order chi connectivity index (χ1) is 14.9. The second kappa shape index (κ2) is 7.68. The Morgan fingerprint density at radius 2 is 1.43 bits per heavy atom.